The highest BCUT2D eigenvalue weighted by molar-refractivity contribution is 5.95. The van der Waals surface area contributed by atoms with E-state index in [2.05, 4.69) is 5.32 Å². The maximum Gasteiger partial charge on any atom is 0.252 e. The molecule has 0 spiro atoms. The van der Waals surface area contributed by atoms with Gasteiger partial charge in [-0.1, -0.05) is 12.1 Å². The zero-order valence-electron chi connectivity index (χ0n) is 16.1. The predicted octanol–water partition coefficient (Wildman–Crippen LogP) is 3.93. The molecular formula is C22H26N2O3. The van der Waals surface area contributed by atoms with Crippen LogP contribution in [-0.2, 0) is 4.74 Å². The molecule has 0 aromatic heterocycles. The topological polar surface area (TPSA) is 50.8 Å². The Kier molecular flexibility index (Phi) is 6.01. The average molecular weight is 366 g/mol. The molecule has 5 heteroatoms. The SMILES string of the molecule is COc1ccc([C@H](NC(=O)c2ccc(N(C)C)cc2)C2=COCCC2)cc1. The van der Waals surface area contributed by atoms with Crippen molar-refractivity contribution in [2.45, 2.75) is 18.9 Å². The van der Waals surface area contributed by atoms with Gasteiger partial charge in [0.25, 0.3) is 5.91 Å². The Bertz CT molecular complexity index is 795. The molecule has 0 saturated heterocycles. The van der Waals surface area contributed by atoms with E-state index in [-0.39, 0.29) is 11.9 Å². The number of nitrogens with one attached hydrogen (secondary N) is 1. The van der Waals surface area contributed by atoms with E-state index in [1.165, 1.54) is 0 Å². The molecule has 27 heavy (non-hydrogen) atoms. The van der Waals surface area contributed by atoms with Crippen LogP contribution in [0.25, 0.3) is 0 Å². The second-order valence-electron chi connectivity index (χ2n) is 6.79. The van der Waals surface area contributed by atoms with Gasteiger partial charge in [-0.25, -0.2) is 0 Å². The van der Waals surface area contributed by atoms with Crippen molar-refractivity contribution < 1.29 is 14.3 Å². The van der Waals surface area contributed by atoms with Crippen LogP contribution >= 0.6 is 0 Å². The molecule has 1 heterocycles. The Balaban J connectivity index is 1.83. The highest BCUT2D eigenvalue weighted by atomic mass is 16.5. The van der Waals surface area contributed by atoms with Gasteiger partial charge < -0.3 is 19.7 Å². The second-order valence-corrected chi connectivity index (χ2v) is 6.79. The Hall–Kier alpha value is -2.95. The maximum atomic E-state index is 12.9. The highest BCUT2D eigenvalue weighted by Gasteiger charge is 2.22. The lowest BCUT2D eigenvalue weighted by atomic mass is 9.94. The van der Waals surface area contributed by atoms with Crippen molar-refractivity contribution in [1.29, 1.82) is 0 Å². The normalized spacial score (nSPS) is 14.6. The van der Waals surface area contributed by atoms with Gasteiger partial charge in [0, 0.05) is 25.3 Å². The molecular weight excluding hydrogens is 340 g/mol. The number of methoxy groups -OCH3 is 1. The smallest absolute Gasteiger partial charge is 0.252 e. The van der Waals surface area contributed by atoms with Crippen LogP contribution in [0.2, 0.25) is 0 Å². The molecule has 0 unspecified atom stereocenters. The minimum atomic E-state index is -0.225. The van der Waals surface area contributed by atoms with E-state index in [9.17, 15) is 4.79 Å². The first-order valence-corrected chi connectivity index (χ1v) is 9.11. The molecule has 0 radical (unpaired) electrons. The summed E-state index contributed by atoms with van der Waals surface area (Å²) in [6.45, 7) is 0.721. The van der Waals surface area contributed by atoms with Crippen LogP contribution in [0, 0.1) is 0 Å². The standard InChI is InChI=1S/C22H26N2O3/c1-24(2)19-10-6-17(7-11-19)22(25)23-21(18-5-4-14-27-15-18)16-8-12-20(26-3)13-9-16/h6-13,15,21H,4-5,14H2,1-3H3,(H,23,25)/t21-/m0/s1. The van der Waals surface area contributed by atoms with E-state index in [1.54, 1.807) is 13.4 Å². The molecule has 1 atom stereocenters. The van der Waals surface area contributed by atoms with Crippen LogP contribution in [0.15, 0.2) is 60.4 Å². The lowest BCUT2D eigenvalue weighted by Gasteiger charge is -2.25. The van der Waals surface area contributed by atoms with Crippen molar-refractivity contribution in [2.75, 3.05) is 32.7 Å². The number of carbonyl (C=O) groups is 1. The largest absolute Gasteiger partial charge is 0.501 e. The molecule has 1 aliphatic heterocycles. The Morgan fingerprint density at radius 1 is 1.11 bits per heavy atom. The first kappa shape index (κ1) is 18.8. The number of amides is 1. The zero-order valence-corrected chi connectivity index (χ0v) is 16.1. The molecule has 0 saturated carbocycles. The highest BCUT2D eigenvalue weighted by Crippen LogP contribution is 2.29. The van der Waals surface area contributed by atoms with Crippen LogP contribution in [0.3, 0.4) is 0 Å². The zero-order chi connectivity index (χ0) is 19.2. The first-order chi connectivity index (χ1) is 13.1. The Morgan fingerprint density at radius 3 is 2.37 bits per heavy atom. The van der Waals surface area contributed by atoms with Crippen molar-refractivity contribution in [3.05, 3.63) is 71.5 Å². The summed E-state index contributed by atoms with van der Waals surface area (Å²) >= 11 is 0. The molecule has 1 N–H and O–H groups in total. The third kappa shape index (κ3) is 4.61. The fourth-order valence-electron chi connectivity index (χ4n) is 3.11. The van der Waals surface area contributed by atoms with Gasteiger partial charge in [-0.2, -0.15) is 0 Å². The minimum Gasteiger partial charge on any atom is -0.501 e. The molecule has 3 rings (SSSR count). The fraction of sp³-hybridized carbons (Fsp3) is 0.318. The summed E-state index contributed by atoms with van der Waals surface area (Å²) in [7, 11) is 5.60. The maximum absolute atomic E-state index is 12.9. The van der Waals surface area contributed by atoms with Crippen LogP contribution in [0.1, 0.15) is 34.8 Å². The summed E-state index contributed by atoms with van der Waals surface area (Å²) in [6, 6.07) is 15.1. The van der Waals surface area contributed by atoms with Crippen LogP contribution < -0.4 is 15.0 Å². The van der Waals surface area contributed by atoms with Crippen LogP contribution in [0.4, 0.5) is 5.69 Å². The Labute approximate surface area is 160 Å². The van der Waals surface area contributed by atoms with E-state index >= 15 is 0 Å². The molecule has 1 aliphatic rings. The van der Waals surface area contributed by atoms with Gasteiger partial charge in [0.1, 0.15) is 5.75 Å². The van der Waals surface area contributed by atoms with Gasteiger partial charge in [0.15, 0.2) is 0 Å². The Morgan fingerprint density at radius 2 is 1.81 bits per heavy atom. The number of nitrogens with zero attached hydrogens (tertiary/aromatic N) is 1. The molecule has 0 aliphatic carbocycles. The number of hydrogen-bond donors (Lipinski definition) is 1. The van der Waals surface area contributed by atoms with Crippen molar-refractivity contribution in [2.24, 2.45) is 0 Å². The van der Waals surface area contributed by atoms with Gasteiger partial charge >= 0.3 is 0 Å². The lowest BCUT2D eigenvalue weighted by Crippen LogP contribution is -2.30. The average Bonchev–Trinajstić information content (AvgIpc) is 2.72. The summed E-state index contributed by atoms with van der Waals surface area (Å²) in [5.74, 6) is 0.685. The summed E-state index contributed by atoms with van der Waals surface area (Å²) in [5.41, 5.74) is 3.77. The molecule has 0 bridgehead atoms. The molecule has 0 fully saturated rings. The lowest BCUT2D eigenvalue weighted by molar-refractivity contribution is 0.0939. The van der Waals surface area contributed by atoms with E-state index in [0.717, 1.165) is 42.0 Å². The monoisotopic (exact) mass is 366 g/mol. The number of anilines is 1. The van der Waals surface area contributed by atoms with Gasteiger partial charge in [-0.3, -0.25) is 4.79 Å². The molecule has 1 amide bonds. The van der Waals surface area contributed by atoms with Crippen LogP contribution in [0.5, 0.6) is 5.75 Å². The second kappa shape index (κ2) is 8.62. The van der Waals surface area contributed by atoms with Crippen LogP contribution in [-0.4, -0.2) is 33.7 Å². The first-order valence-electron chi connectivity index (χ1n) is 9.11. The number of carbonyl (C=O) groups excluding carboxylic acids is 1. The van der Waals surface area contributed by atoms with Crippen molar-refractivity contribution in [3.63, 3.8) is 0 Å². The van der Waals surface area contributed by atoms with Gasteiger partial charge in [0.2, 0.25) is 0 Å². The van der Waals surface area contributed by atoms with Gasteiger partial charge in [-0.05, 0) is 60.4 Å². The quantitative estimate of drug-likeness (QED) is 0.842. The molecule has 5 nitrogen and oxygen atoms in total. The summed E-state index contributed by atoms with van der Waals surface area (Å²) in [6.07, 6.45) is 3.64. The summed E-state index contributed by atoms with van der Waals surface area (Å²) in [5, 5.41) is 3.16. The number of hydrogen-bond acceptors (Lipinski definition) is 4. The summed E-state index contributed by atoms with van der Waals surface area (Å²) < 4.78 is 10.8. The summed E-state index contributed by atoms with van der Waals surface area (Å²) in [4.78, 5) is 14.9. The number of ether oxygens (including phenoxy) is 2. The van der Waals surface area contributed by atoms with E-state index in [4.69, 9.17) is 9.47 Å². The molecule has 2 aromatic rings. The van der Waals surface area contributed by atoms with E-state index < -0.39 is 0 Å². The third-order valence-corrected chi connectivity index (χ3v) is 4.70. The molecule has 142 valence electrons. The predicted molar refractivity (Wildman–Crippen MR) is 107 cm³/mol. The number of benzene rings is 2. The van der Waals surface area contributed by atoms with Gasteiger partial charge in [-0.15, -0.1) is 0 Å². The van der Waals surface area contributed by atoms with Crippen molar-refractivity contribution >= 4 is 11.6 Å². The number of rotatable bonds is 6. The van der Waals surface area contributed by atoms with E-state index in [1.807, 2.05) is 67.5 Å². The fourth-order valence-corrected chi connectivity index (χ4v) is 3.11. The van der Waals surface area contributed by atoms with Crippen molar-refractivity contribution in [3.8, 4) is 5.75 Å². The molecule has 2 aromatic carbocycles. The minimum absolute atomic E-state index is 0.104. The van der Waals surface area contributed by atoms with Gasteiger partial charge in [0.05, 0.1) is 26.0 Å². The van der Waals surface area contributed by atoms with E-state index in [0.29, 0.717) is 5.56 Å². The van der Waals surface area contributed by atoms with Crippen molar-refractivity contribution in [1.82, 2.24) is 5.32 Å². The third-order valence-electron chi connectivity index (χ3n) is 4.70.